The van der Waals surface area contributed by atoms with Crippen LogP contribution in [0.3, 0.4) is 0 Å². The summed E-state index contributed by atoms with van der Waals surface area (Å²) in [6.45, 7) is -0.421. The van der Waals surface area contributed by atoms with Crippen LogP contribution in [0.4, 0.5) is 14.5 Å². The number of halogens is 3. The quantitative estimate of drug-likeness (QED) is 0.908. The standard InChI is InChI=1S/C15H11ClF2N2O2/c16-9-5-6-13(12(18)7-9)20-14(21)8-19-15(22)10-3-1-2-4-11(10)17/h1-7H,8H2,(H,19,22)(H,20,21). The normalized spacial score (nSPS) is 10.1. The minimum atomic E-state index is -0.732. The first-order valence-corrected chi connectivity index (χ1v) is 6.63. The van der Waals surface area contributed by atoms with Gasteiger partial charge in [0.2, 0.25) is 5.91 Å². The first-order chi connectivity index (χ1) is 10.5. The average Bonchev–Trinajstić information content (AvgIpc) is 2.48. The van der Waals surface area contributed by atoms with Crippen LogP contribution >= 0.6 is 11.6 Å². The Morgan fingerprint density at radius 2 is 1.77 bits per heavy atom. The molecule has 2 aromatic rings. The van der Waals surface area contributed by atoms with Gasteiger partial charge in [-0.1, -0.05) is 23.7 Å². The molecule has 0 radical (unpaired) electrons. The fraction of sp³-hybridized carbons (Fsp3) is 0.0667. The van der Waals surface area contributed by atoms with E-state index in [9.17, 15) is 18.4 Å². The second kappa shape index (κ2) is 7.00. The summed E-state index contributed by atoms with van der Waals surface area (Å²) >= 11 is 5.59. The van der Waals surface area contributed by atoms with Crippen LogP contribution in [0.15, 0.2) is 42.5 Å². The van der Waals surface area contributed by atoms with E-state index in [-0.39, 0.29) is 16.3 Å². The molecule has 0 fully saturated rings. The molecule has 0 atom stereocenters. The van der Waals surface area contributed by atoms with E-state index < -0.39 is 30.0 Å². The number of nitrogens with one attached hydrogen (secondary N) is 2. The maximum atomic E-state index is 13.5. The molecule has 22 heavy (non-hydrogen) atoms. The Labute approximate surface area is 130 Å². The molecule has 2 amide bonds. The number of hydrogen-bond acceptors (Lipinski definition) is 2. The molecule has 0 saturated heterocycles. The number of hydrogen-bond donors (Lipinski definition) is 2. The average molecular weight is 325 g/mol. The zero-order chi connectivity index (χ0) is 16.1. The Morgan fingerprint density at radius 3 is 2.45 bits per heavy atom. The molecule has 0 heterocycles. The van der Waals surface area contributed by atoms with Gasteiger partial charge >= 0.3 is 0 Å². The van der Waals surface area contributed by atoms with Crippen molar-refractivity contribution in [1.82, 2.24) is 5.32 Å². The lowest BCUT2D eigenvalue weighted by Crippen LogP contribution is -2.33. The number of carbonyl (C=O) groups is 2. The monoisotopic (exact) mass is 324 g/mol. The number of rotatable bonds is 4. The number of carbonyl (C=O) groups excluding carboxylic acids is 2. The molecule has 0 aromatic heterocycles. The maximum absolute atomic E-state index is 13.5. The highest BCUT2D eigenvalue weighted by molar-refractivity contribution is 6.30. The van der Waals surface area contributed by atoms with E-state index in [1.807, 2.05) is 0 Å². The van der Waals surface area contributed by atoms with Crippen molar-refractivity contribution in [3.05, 3.63) is 64.7 Å². The van der Waals surface area contributed by atoms with Gasteiger partial charge in [-0.25, -0.2) is 8.78 Å². The summed E-state index contributed by atoms with van der Waals surface area (Å²) in [4.78, 5) is 23.4. The minimum absolute atomic E-state index is 0.0606. The number of amides is 2. The van der Waals surface area contributed by atoms with E-state index in [2.05, 4.69) is 10.6 Å². The van der Waals surface area contributed by atoms with Crippen molar-refractivity contribution >= 4 is 29.1 Å². The molecule has 2 rings (SSSR count). The fourth-order valence-electron chi connectivity index (χ4n) is 1.69. The first-order valence-electron chi connectivity index (χ1n) is 6.25. The third-order valence-electron chi connectivity index (χ3n) is 2.73. The highest BCUT2D eigenvalue weighted by Crippen LogP contribution is 2.18. The smallest absolute Gasteiger partial charge is 0.254 e. The third kappa shape index (κ3) is 4.02. The number of benzene rings is 2. The lowest BCUT2D eigenvalue weighted by atomic mass is 10.2. The van der Waals surface area contributed by atoms with E-state index in [0.29, 0.717) is 0 Å². The van der Waals surface area contributed by atoms with Crippen molar-refractivity contribution in [2.24, 2.45) is 0 Å². The zero-order valence-corrected chi connectivity index (χ0v) is 12.0. The molecule has 0 bridgehead atoms. The van der Waals surface area contributed by atoms with Gasteiger partial charge in [-0.2, -0.15) is 0 Å². The van der Waals surface area contributed by atoms with Crippen LogP contribution in [0, 0.1) is 11.6 Å². The summed E-state index contributed by atoms with van der Waals surface area (Å²) in [7, 11) is 0. The first kappa shape index (κ1) is 15.9. The SMILES string of the molecule is O=C(CNC(=O)c1ccccc1F)Nc1ccc(Cl)cc1F. The second-order valence-corrected chi connectivity index (χ2v) is 4.77. The zero-order valence-electron chi connectivity index (χ0n) is 11.2. The number of anilines is 1. The molecule has 4 nitrogen and oxygen atoms in total. The van der Waals surface area contributed by atoms with Gasteiger partial charge in [-0.15, -0.1) is 0 Å². The van der Waals surface area contributed by atoms with E-state index in [1.165, 1.54) is 30.3 Å². The molecule has 0 saturated carbocycles. The van der Waals surface area contributed by atoms with Crippen molar-refractivity contribution in [3.63, 3.8) is 0 Å². The van der Waals surface area contributed by atoms with Crippen LogP contribution in [-0.4, -0.2) is 18.4 Å². The summed E-state index contributed by atoms with van der Waals surface area (Å²) in [5, 5.41) is 4.73. The highest BCUT2D eigenvalue weighted by Gasteiger charge is 2.13. The van der Waals surface area contributed by atoms with E-state index in [0.717, 1.165) is 12.1 Å². The Balaban J connectivity index is 1.93. The van der Waals surface area contributed by atoms with Gasteiger partial charge in [0.25, 0.3) is 5.91 Å². The van der Waals surface area contributed by atoms with Gasteiger partial charge in [0, 0.05) is 5.02 Å². The summed E-state index contributed by atoms with van der Waals surface area (Å²) in [6, 6.07) is 9.14. The molecule has 2 N–H and O–H groups in total. The predicted molar refractivity (Wildman–Crippen MR) is 78.8 cm³/mol. The summed E-state index contributed by atoms with van der Waals surface area (Å²) in [6.07, 6.45) is 0. The third-order valence-corrected chi connectivity index (χ3v) is 2.97. The molecule has 0 aliphatic heterocycles. The van der Waals surface area contributed by atoms with Gasteiger partial charge in [0.05, 0.1) is 17.8 Å². The van der Waals surface area contributed by atoms with E-state index >= 15 is 0 Å². The van der Waals surface area contributed by atoms with Crippen molar-refractivity contribution in [3.8, 4) is 0 Å². The molecular weight excluding hydrogens is 314 g/mol. The van der Waals surface area contributed by atoms with Crippen LogP contribution in [0.2, 0.25) is 5.02 Å². The van der Waals surface area contributed by atoms with E-state index in [4.69, 9.17) is 11.6 Å². The molecule has 0 unspecified atom stereocenters. The summed E-state index contributed by atoms with van der Waals surface area (Å²) < 4.78 is 26.9. The summed E-state index contributed by atoms with van der Waals surface area (Å²) in [5.41, 5.74) is -0.234. The van der Waals surface area contributed by atoms with Crippen molar-refractivity contribution in [2.75, 3.05) is 11.9 Å². The van der Waals surface area contributed by atoms with Gasteiger partial charge in [-0.3, -0.25) is 9.59 Å². The van der Waals surface area contributed by atoms with Crippen LogP contribution in [0.5, 0.6) is 0 Å². The molecule has 114 valence electrons. The van der Waals surface area contributed by atoms with Crippen LogP contribution < -0.4 is 10.6 Å². The van der Waals surface area contributed by atoms with Gasteiger partial charge < -0.3 is 10.6 Å². The fourth-order valence-corrected chi connectivity index (χ4v) is 1.85. The second-order valence-electron chi connectivity index (χ2n) is 4.33. The molecule has 0 spiro atoms. The molecule has 7 heteroatoms. The topological polar surface area (TPSA) is 58.2 Å². The maximum Gasteiger partial charge on any atom is 0.254 e. The molecule has 0 aliphatic rings. The van der Waals surface area contributed by atoms with Crippen molar-refractivity contribution < 1.29 is 18.4 Å². The minimum Gasteiger partial charge on any atom is -0.343 e. The van der Waals surface area contributed by atoms with E-state index in [1.54, 1.807) is 0 Å². The van der Waals surface area contributed by atoms with Gasteiger partial charge in [-0.05, 0) is 30.3 Å². The Bertz CT molecular complexity index is 722. The van der Waals surface area contributed by atoms with Crippen LogP contribution in [0.1, 0.15) is 10.4 Å². The van der Waals surface area contributed by atoms with Gasteiger partial charge in [0.15, 0.2) is 0 Å². The molecule has 0 aliphatic carbocycles. The lowest BCUT2D eigenvalue weighted by molar-refractivity contribution is -0.115. The highest BCUT2D eigenvalue weighted by atomic mass is 35.5. The predicted octanol–water partition coefficient (Wildman–Crippen LogP) is 2.99. The van der Waals surface area contributed by atoms with Crippen LogP contribution in [-0.2, 0) is 4.79 Å². The Morgan fingerprint density at radius 1 is 1.05 bits per heavy atom. The van der Waals surface area contributed by atoms with Crippen molar-refractivity contribution in [1.29, 1.82) is 0 Å². The molecular formula is C15H11ClF2N2O2. The Hall–Kier alpha value is -2.47. The largest absolute Gasteiger partial charge is 0.343 e. The summed E-state index contributed by atoms with van der Waals surface area (Å²) in [5.74, 6) is -2.76. The molecule has 2 aromatic carbocycles. The van der Waals surface area contributed by atoms with Crippen molar-refractivity contribution in [2.45, 2.75) is 0 Å². The van der Waals surface area contributed by atoms with Crippen LogP contribution in [0.25, 0.3) is 0 Å². The Kier molecular flexibility index (Phi) is 5.06. The van der Waals surface area contributed by atoms with Gasteiger partial charge in [0.1, 0.15) is 11.6 Å². The lowest BCUT2D eigenvalue weighted by Gasteiger charge is -2.08.